The molecule has 2 fully saturated rings. The number of hydrogen-bond donors (Lipinski definition) is 1. The monoisotopic (exact) mass is 317 g/mol. The smallest absolute Gasteiger partial charge is 0.324 e. The molecule has 0 saturated carbocycles. The third kappa shape index (κ3) is 2.46. The van der Waals surface area contributed by atoms with Gasteiger partial charge in [-0.3, -0.25) is 19.8 Å². The molecule has 3 amide bonds. The van der Waals surface area contributed by atoms with E-state index >= 15 is 0 Å². The van der Waals surface area contributed by atoms with Crippen LogP contribution >= 0.6 is 0 Å². The summed E-state index contributed by atoms with van der Waals surface area (Å²) in [4.78, 5) is 39.6. The number of rotatable bonds is 3. The molecule has 0 aromatic heterocycles. The van der Waals surface area contributed by atoms with Crippen molar-refractivity contribution in [3.63, 3.8) is 0 Å². The minimum absolute atomic E-state index is 0.237. The van der Waals surface area contributed by atoms with E-state index in [2.05, 4.69) is 5.32 Å². The molecule has 1 aromatic rings. The molecule has 7 heteroatoms. The number of amides is 3. The van der Waals surface area contributed by atoms with Crippen molar-refractivity contribution in [1.82, 2.24) is 15.1 Å². The number of methoxy groups -OCH3 is 1. The molecular formula is C16H19N3O4. The number of likely N-dealkylation sites (tertiary alicyclic amines) is 1. The van der Waals surface area contributed by atoms with E-state index in [1.807, 2.05) is 35.2 Å². The van der Waals surface area contributed by atoms with E-state index in [1.165, 1.54) is 12.0 Å². The van der Waals surface area contributed by atoms with Crippen LogP contribution in [0.1, 0.15) is 12.0 Å². The molecule has 7 nitrogen and oxygen atoms in total. The topological polar surface area (TPSA) is 79.0 Å². The Morgan fingerprint density at radius 3 is 2.61 bits per heavy atom. The van der Waals surface area contributed by atoms with Crippen LogP contribution in [0.5, 0.6) is 0 Å². The van der Waals surface area contributed by atoms with Gasteiger partial charge < -0.3 is 9.64 Å². The van der Waals surface area contributed by atoms with Crippen LogP contribution in [0.15, 0.2) is 30.3 Å². The van der Waals surface area contributed by atoms with Crippen LogP contribution in [0.4, 0.5) is 4.79 Å². The quantitative estimate of drug-likeness (QED) is 0.643. The molecule has 2 aliphatic heterocycles. The van der Waals surface area contributed by atoms with E-state index in [9.17, 15) is 14.4 Å². The average molecular weight is 317 g/mol. The molecule has 0 radical (unpaired) electrons. The first kappa shape index (κ1) is 15.5. The van der Waals surface area contributed by atoms with Gasteiger partial charge >= 0.3 is 12.0 Å². The lowest BCUT2D eigenvalue weighted by molar-refractivity contribution is -0.146. The zero-order valence-electron chi connectivity index (χ0n) is 13.1. The highest BCUT2D eigenvalue weighted by molar-refractivity contribution is 6.07. The lowest BCUT2D eigenvalue weighted by Gasteiger charge is -2.28. The molecule has 2 atom stereocenters. The first-order valence-corrected chi connectivity index (χ1v) is 7.43. The molecule has 23 heavy (non-hydrogen) atoms. The first-order valence-electron chi connectivity index (χ1n) is 7.43. The van der Waals surface area contributed by atoms with Gasteiger partial charge in [-0.15, -0.1) is 0 Å². The van der Waals surface area contributed by atoms with E-state index < -0.39 is 23.6 Å². The number of carbonyl (C=O) groups excluding carboxylic acids is 3. The molecule has 2 heterocycles. The van der Waals surface area contributed by atoms with Crippen LogP contribution in [0.3, 0.4) is 0 Å². The lowest BCUT2D eigenvalue weighted by atomic mass is 9.95. The fourth-order valence-corrected chi connectivity index (χ4v) is 3.36. The zero-order valence-corrected chi connectivity index (χ0v) is 13.1. The highest BCUT2D eigenvalue weighted by Crippen LogP contribution is 2.36. The highest BCUT2D eigenvalue weighted by Gasteiger charge is 2.59. The second-order valence-electron chi connectivity index (χ2n) is 5.98. The van der Waals surface area contributed by atoms with E-state index in [-0.39, 0.29) is 12.3 Å². The number of esters is 1. The summed E-state index contributed by atoms with van der Waals surface area (Å²) in [5.74, 6) is -0.743. The minimum atomic E-state index is -1.01. The number of imide groups is 1. The first-order chi connectivity index (χ1) is 11.0. The molecule has 1 aromatic carbocycles. The summed E-state index contributed by atoms with van der Waals surface area (Å²) < 4.78 is 4.89. The fourth-order valence-electron chi connectivity index (χ4n) is 3.36. The normalized spacial score (nSPS) is 27.6. The number of urea groups is 1. The molecular weight excluding hydrogens is 298 g/mol. The van der Waals surface area contributed by atoms with Crippen molar-refractivity contribution in [3.05, 3.63) is 35.9 Å². The number of carbonyl (C=O) groups is 3. The molecule has 1 N–H and O–H groups in total. The van der Waals surface area contributed by atoms with Gasteiger partial charge in [0.25, 0.3) is 5.91 Å². The van der Waals surface area contributed by atoms with Crippen LogP contribution in [0.2, 0.25) is 0 Å². The molecule has 1 spiro atoms. The van der Waals surface area contributed by atoms with Gasteiger partial charge in [0.05, 0.1) is 7.11 Å². The lowest BCUT2D eigenvalue weighted by Crippen LogP contribution is -2.49. The van der Waals surface area contributed by atoms with Gasteiger partial charge in [-0.25, -0.2) is 4.79 Å². The maximum absolute atomic E-state index is 12.3. The van der Waals surface area contributed by atoms with Gasteiger partial charge in [0.2, 0.25) is 0 Å². The zero-order chi connectivity index (χ0) is 16.6. The summed E-state index contributed by atoms with van der Waals surface area (Å²) in [6.07, 6.45) is 0.237. The number of likely N-dealkylation sites (N-methyl/N-ethyl adjacent to an activating group) is 1. The van der Waals surface area contributed by atoms with Crippen LogP contribution < -0.4 is 5.32 Å². The minimum Gasteiger partial charge on any atom is -0.468 e. The van der Waals surface area contributed by atoms with Gasteiger partial charge in [0.15, 0.2) is 0 Å². The molecule has 122 valence electrons. The molecule has 0 bridgehead atoms. The highest BCUT2D eigenvalue weighted by atomic mass is 16.5. The third-order valence-electron chi connectivity index (χ3n) is 4.73. The Morgan fingerprint density at radius 2 is 2.04 bits per heavy atom. The van der Waals surface area contributed by atoms with E-state index in [4.69, 9.17) is 4.74 Å². The van der Waals surface area contributed by atoms with Crippen molar-refractivity contribution in [2.75, 3.05) is 20.7 Å². The van der Waals surface area contributed by atoms with Gasteiger partial charge in [-0.05, 0) is 5.56 Å². The second kappa shape index (κ2) is 5.66. The van der Waals surface area contributed by atoms with Crippen LogP contribution in [0.25, 0.3) is 0 Å². The molecule has 2 saturated heterocycles. The Balaban J connectivity index is 1.90. The Morgan fingerprint density at radius 1 is 1.35 bits per heavy atom. The summed E-state index contributed by atoms with van der Waals surface area (Å²) in [6, 6.07) is 8.70. The summed E-state index contributed by atoms with van der Waals surface area (Å²) in [7, 11) is 2.91. The van der Waals surface area contributed by atoms with Crippen LogP contribution in [-0.2, 0) is 20.9 Å². The van der Waals surface area contributed by atoms with Crippen molar-refractivity contribution in [1.29, 1.82) is 0 Å². The number of benzene rings is 1. The average Bonchev–Trinajstić information content (AvgIpc) is 3.03. The summed E-state index contributed by atoms with van der Waals surface area (Å²) in [6.45, 7) is 0.813. The molecule has 2 aliphatic rings. The second-order valence-corrected chi connectivity index (χ2v) is 5.98. The van der Waals surface area contributed by atoms with Crippen molar-refractivity contribution < 1.29 is 19.1 Å². The predicted molar refractivity (Wildman–Crippen MR) is 81.3 cm³/mol. The van der Waals surface area contributed by atoms with Gasteiger partial charge in [0, 0.05) is 26.6 Å². The maximum Gasteiger partial charge on any atom is 0.324 e. The van der Waals surface area contributed by atoms with E-state index in [1.54, 1.807) is 7.05 Å². The van der Waals surface area contributed by atoms with Gasteiger partial charge in [0.1, 0.15) is 11.6 Å². The SMILES string of the molecule is COC(=O)[C@@H]1CC2(CN1Cc1ccccc1)C(=O)NC(=O)N2C. The number of ether oxygens (including phenoxy) is 1. The third-order valence-corrected chi connectivity index (χ3v) is 4.73. The van der Waals surface area contributed by atoms with Crippen LogP contribution in [-0.4, -0.2) is 60.0 Å². The number of nitrogens with one attached hydrogen (secondary N) is 1. The molecule has 1 unspecified atom stereocenters. The fraction of sp³-hybridized carbons (Fsp3) is 0.438. The van der Waals surface area contributed by atoms with Crippen LogP contribution in [0, 0.1) is 0 Å². The van der Waals surface area contributed by atoms with E-state index in [0.717, 1.165) is 5.56 Å². The van der Waals surface area contributed by atoms with E-state index in [0.29, 0.717) is 13.1 Å². The summed E-state index contributed by atoms with van der Waals surface area (Å²) in [5, 5.41) is 2.33. The van der Waals surface area contributed by atoms with Gasteiger partial charge in [-0.2, -0.15) is 0 Å². The Hall–Kier alpha value is -2.41. The van der Waals surface area contributed by atoms with Gasteiger partial charge in [-0.1, -0.05) is 30.3 Å². The van der Waals surface area contributed by atoms with Crippen molar-refractivity contribution in [2.45, 2.75) is 24.5 Å². The standard InChI is InChI=1S/C16H19N3O4/c1-18-15(22)17-14(21)16(18)8-12(13(20)23-2)19(10-16)9-11-6-4-3-5-7-11/h3-7,12H,8-10H2,1-2H3,(H,17,21,22)/t12-,16?/m0/s1. The van der Waals surface area contributed by atoms with Crippen molar-refractivity contribution >= 4 is 17.9 Å². The summed E-state index contributed by atoms with van der Waals surface area (Å²) in [5.41, 5.74) is 0.0240. The Kier molecular flexibility index (Phi) is 3.81. The molecule has 0 aliphatic carbocycles. The Labute approximate surface area is 134 Å². The van der Waals surface area contributed by atoms with Crippen molar-refractivity contribution in [2.24, 2.45) is 0 Å². The predicted octanol–water partition coefficient (Wildman–Crippen LogP) is 0.354. The maximum atomic E-state index is 12.3. The Bertz CT molecular complexity index is 648. The largest absolute Gasteiger partial charge is 0.468 e. The number of nitrogens with zero attached hydrogens (tertiary/aromatic N) is 2. The van der Waals surface area contributed by atoms with Crippen molar-refractivity contribution in [3.8, 4) is 0 Å². The number of hydrogen-bond acceptors (Lipinski definition) is 5. The molecule has 3 rings (SSSR count). The summed E-state index contributed by atoms with van der Waals surface area (Å²) >= 11 is 0.